The van der Waals surface area contributed by atoms with Gasteiger partial charge in [-0.3, -0.25) is 8.42 Å². The molecular formula is O4SSb+. The van der Waals surface area contributed by atoms with Crippen LogP contribution in [0.2, 0.25) is 0 Å². The molecule has 6 heavy (non-hydrogen) atoms. The predicted molar refractivity (Wildman–Crippen MR) is 16.2 cm³/mol. The Morgan fingerprint density at radius 1 is 1.17 bits per heavy atom. The summed E-state index contributed by atoms with van der Waals surface area (Å²) in [5, 5.41) is 0. The summed E-state index contributed by atoms with van der Waals surface area (Å²) in [6, 6.07) is 0. The molecule has 0 fully saturated rings. The Morgan fingerprint density at radius 3 is 1.17 bits per heavy atom. The molecule has 0 amide bonds. The molecule has 0 aromatic heterocycles. The van der Waals surface area contributed by atoms with Crippen LogP contribution in [-0.4, -0.2) is 42.0 Å². The number of rotatable bonds is 0. The van der Waals surface area contributed by atoms with E-state index in [1.165, 1.54) is 0 Å². The van der Waals surface area contributed by atoms with E-state index in [2.05, 4.69) is 0 Å². The molecule has 4 nitrogen and oxygen atoms in total. The minimum absolute atomic E-state index is 0. The third-order valence-corrected chi connectivity index (χ3v) is 0. The third kappa shape index (κ3) is 135. The van der Waals surface area contributed by atoms with E-state index < -0.39 is 10.4 Å². The van der Waals surface area contributed by atoms with E-state index in [4.69, 9.17) is 17.5 Å². The van der Waals surface area contributed by atoms with Gasteiger partial charge in [-0.25, -0.2) is 0 Å². The van der Waals surface area contributed by atoms with Crippen LogP contribution in [0.15, 0.2) is 0 Å². The van der Waals surface area contributed by atoms with Crippen molar-refractivity contribution in [2.45, 2.75) is 0 Å². The molecule has 0 rings (SSSR count). The SMILES string of the molecule is O=S(=O)([O-])[O-].[Sb+3]. The van der Waals surface area contributed by atoms with Crippen molar-refractivity contribution in [1.29, 1.82) is 0 Å². The van der Waals surface area contributed by atoms with E-state index >= 15 is 0 Å². The maximum absolute atomic E-state index is 8.52. The summed E-state index contributed by atoms with van der Waals surface area (Å²) < 4.78 is 34.1. The average molecular weight is 218 g/mol. The van der Waals surface area contributed by atoms with Gasteiger partial charge >= 0.3 is 24.4 Å². The van der Waals surface area contributed by atoms with Gasteiger partial charge in [0.2, 0.25) is 0 Å². The zero-order valence-corrected chi connectivity index (χ0v) is 5.86. The fourth-order valence-corrected chi connectivity index (χ4v) is 0. The first-order valence-corrected chi connectivity index (χ1v) is 2.00. The molecule has 0 aliphatic heterocycles. The van der Waals surface area contributed by atoms with Crippen LogP contribution in [0, 0.1) is 0 Å². The Balaban J connectivity index is 0. The van der Waals surface area contributed by atoms with Gasteiger partial charge in [0.1, 0.15) is 0 Å². The monoisotopic (exact) mass is 217 g/mol. The van der Waals surface area contributed by atoms with Crippen LogP contribution in [0.25, 0.3) is 0 Å². The molecule has 0 aromatic rings. The van der Waals surface area contributed by atoms with Gasteiger partial charge in [-0.15, -0.1) is 0 Å². The Morgan fingerprint density at radius 2 is 1.17 bits per heavy atom. The van der Waals surface area contributed by atoms with Gasteiger partial charge in [0, 0.05) is 10.4 Å². The summed E-state index contributed by atoms with van der Waals surface area (Å²) in [6.45, 7) is 0. The van der Waals surface area contributed by atoms with Gasteiger partial charge in [0.25, 0.3) is 0 Å². The van der Waals surface area contributed by atoms with Crippen LogP contribution in [-0.2, 0) is 10.4 Å². The molecule has 0 unspecified atom stereocenters. The minimum atomic E-state index is -5.17. The second-order valence-electron chi connectivity index (χ2n) is 0.408. The summed E-state index contributed by atoms with van der Waals surface area (Å²) in [7, 11) is -5.17. The topological polar surface area (TPSA) is 80.3 Å². The first-order chi connectivity index (χ1) is 2.00. The van der Waals surface area contributed by atoms with Crippen molar-refractivity contribution in [3.8, 4) is 0 Å². The van der Waals surface area contributed by atoms with Crippen molar-refractivity contribution >= 4 is 34.8 Å². The van der Waals surface area contributed by atoms with Gasteiger partial charge < -0.3 is 9.11 Å². The Hall–Kier alpha value is 0.688. The Labute approximate surface area is 52.6 Å². The molecule has 0 saturated heterocycles. The minimum Gasteiger partial charge on any atom is -0.759 e. The first-order valence-electron chi connectivity index (χ1n) is 0.667. The van der Waals surface area contributed by atoms with Crippen LogP contribution in [0.1, 0.15) is 0 Å². The van der Waals surface area contributed by atoms with Crippen molar-refractivity contribution in [3.63, 3.8) is 0 Å². The third-order valence-electron chi connectivity index (χ3n) is 0. The summed E-state index contributed by atoms with van der Waals surface area (Å²) in [5.74, 6) is 0. The molecule has 0 saturated carbocycles. The van der Waals surface area contributed by atoms with Gasteiger partial charge in [-0.1, -0.05) is 0 Å². The van der Waals surface area contributed by atoms with Gasteiger partial charge in [-0.05, 0) is 0 Å². The molecule has 0 heterocycles. The smallest absolute Gasteiger partial charge is 0.759 e. The zero-order chi connectivity index (χ0) is 4.50. The van der Waals surface area contributed by atoms with Crippen LogP contribution in [0.5, 0.6) is 0 Å². The summed E-state index contributed by atoms with van der Waals surface area (Å²) in [4.78, 5) is 0. The second kappa shape index (κ2) is 2.79. The van der Waals surface area contributed by atoms with E-state index in [0.29, 0.717) is 0 Å². The molecule has 0 spiro atoms. The molecule has 6 heteroatoms. The molecule has 2 radical (unpaired) electrons. The molecule has 0 aromatic carbocycles. The van der Waals surface area contributed by atoms with Crippen LogP contribution < -0.4 is 0 Å². The molecule has 0 N–H and O–H groups in total. The first kappa shape index (κ1) is 9.85. The van der Waals surface area contributed by atoms with E-state index in [1.807, 2.05) is 0 Å². The average Bonchev–Trinajstić information content (AvgIpc) is 0.722. The standard InChI is InChI=1S/H2O4S.Sb/c1-5(2,3)4;/h(H2,1,2,3,4);/q;+3/p-2. The van der Waals surface area contributed by atoms with E-state index in [0.717, 1.165) is 0 Å². The maximum atomic E-state index is 8.52. The van der Waals surface area contributed by atoms with Crippen molar-refractivity contribution in [2.75, 3.05) is 0 Å². The Kier molecular flexibility index (Phi) is 4.59. The van der Waals surface area contributed by atoms with Crippen molar-refractivity contribution < 1.29 is 17.5 Å². The fourth-order valence-electron chi connectivity index (χ4n) is 0. The quantitative estimate of drug-likeness (QED) is 0.275. The van der Waals surface area contributed by atoms with Crippen molar-refractivity contribution in [2.24, 2.45) is 0 Å². The van der Waals surface area contributed by atoms with Gasteiger partial charge in [-0.2, -0.15) is 0 Å². The van der Waals surface area contributed by atoms with E-state index in [-0.39, 0.29) is 24.4 Å². The largest absolute Gasteiger partial charge is 3.00 e. The van der Waals surface area contributed by atoms with E-state index in [1.54, 1.807) is 0 Å². The zero-order valence-electron chi connectivity index (χ0n) is 2.49. The van der Waals surface area contributed by atoms with Crippen molar-refractivity contribution in [1.82, 2.24) is 0 Å². The molecule has 0 bridgehead atoms. The summed E-state index contributed by atoms with van der Waals surface area (Å²) in [6.07, 6.45) is 0. The second-order valence-corrected chi connectivity index (χ2v) is 1.22. The van der Waals surface area contributed by atoms with Crippen LogP contribution in [0.4, 0.5) is 0 Å². The number of hydrogen-bond donors (Lipinski definition) is 0. The molecule has 0 atom stereocenters. The van der Waals surface area contributed by atoms with Crippen molar-refractivity contribution in [3.05, 3.63) is 0 Å². The maximum Gasteiger partial charge on any atom is 3.00 e. The predicted octanol–water partition coefficient (Wildman–Crippen LogP) is -1.72. The van der Waals surface area contributed by atoms with E-state index in [9.17, 15) is 0 Å². The summed E-state index contributed by atoms with van der Waals surface area (Å²) >= 11 is 0. The molecule has 0 aliphatic rings. The molecule has 0 aliphatic carbocycles. The van der Waals surface area contributed by atoms with Gasteiger partial charge in [0.15, 0.2) is 0 Å². The molecule has 34 valence electrons. The van der Waals surface area contributed by atoms with Crippen LogP contribution in [0.3, 0.4) is 0 Å². The molecular weight excluding hydrogens is 218 g/mol. The number of hydrogen-bond acceptors (Lipinski definition) is 4. The normalized spacial score (nSPS) is 9.67. The summed E-state index contributed by atoms with van der Waals surface area (Å²) in [5.41, 5.74) is 0. The van der Waals surface area contributed by atoms with Crippen LogP contribution >= 0.6 is 0 Å². The Bertz CT molecular complexity index is 90.7. The van der Waals surface area contributed by atoms with Gasteiger partial charge in [0.05, 0.1) is 0 Å². The fraction of sp³-hybridized carbons (Fsp3) is 0.